The van der Waals surface area contributed by atoms with Crippen LogP contribution in [-0.4, -0.2) is 105 Å². The SMILES string of the molecule is CCOc1cccc(N=C([O-])c2cc3ccccc3c(N=Nc3cc(C)cc(S(=O)(=O)O)c3Cl)c2[O-])c1.CCOc1cccc(NC(=O)c2cc3ccccc3c(N=Nc3cc(C)cc(S(=O)(=O)O)c3Cl)c2O)c1.[Ba+2]. The van der Waals surface area contributed by atoms with Gasteiger partial charge in [0.2, 0.25) is 0 Å². The van der Waals surface area contributed by atoms with E-state index >= 15 is 0 Å². The van der Waals surface area contributed by atoms with Crippen molar-refractivity contribution < 1.29 is 55.5 Å². The molecule has 8 aromatic carbocycles. The quantitative estimate of drug-likeness (QED) is 0.0260. The number of ether oxygens (including phenoxy) is 2. The van der Waals surface area contributed by atoms with Crippen molar-refractivity contribution in [3.63, 3.8) is 0 Å². The van der Waals surface area contributed by atoms with Gasteiger partial charge in [-0.3, -0.25) is 18.9 Å². The fourth-order valence-electron chi connectivity index (χ4n) is 7.34. The second-order valence-electron chi connectivity index (χ2n) is 16.0. The number of hydrogen-bond donors (Lipinski definition) is 4. The monoisotopic (exact) mass is 1210 g/mol. The molecule has 0 bridgehead atoms. The topological polar surface area (TPSA) is 284 Å². The Kier molecular flexibility index (Phi) is 19.3. The summed E-state index contributed by atoms with van der Waals surface area (Å²) in [7, 11) is -9.22. The van der Waals surface area contributed by atoms with Crippen LogP contribution in [0.4, 0.5) is 34.1 Å². The average molecular weight is 1220 g/mol. The fourth-order valence-corrected chi connectivity index (χ4v) is 9.55. The van der Waals surface area contributed by atoms with Gasteiger partial charge in [0.25, 0.3) is 26.1 Å². The van der Waals surface area contributed by atoms with Gasteiger partial charge < -0.3 is 30.1 Å². The van der Waals surface area contributed by atoms with E-state index in [1.807, 2.05) is 13.8 Å². The molecule has 0 saturated heterocycles. The Morgan fingerprint density at radius 3 is 1.64 bits per heavy atom. The molecule has 0 fully saturated rings. The van der Waals surface area contributed by atoms with E-state index in [0.29, 0.717) is 68.8 Å². The number of azo groups is 2. The van der Waals surface area contributed by atoms with E-state index in [2.05, 4.69) is 30.8 Å². The van der Waals surface area contributed by atoms with Crippen molar-refractivity contribution >= 4 is 160 Å². The van der Waals surface area contributed by atoms with Crippen LogP contribution in [0.5, 0.6) is 23.0 Å². The van der Waals surface area contributed by atoms with E-state index in [4.69, 9.17) is 32.7 Å². The van der Waals surface area contributed by atoms with Crippen molar-refractivity contribution in [1.82, 2.24) is 0 Å². The number of hydrogen-bond acceptors (Lipinski definition) is 15. The number of rotatable bonds is 14. The first-order valence-electron chi connectivity index (χ1n) is 22.1. The van der Waals surface area contributed by atoms with Crippen LogP contribution in [0.1, 0.15) is 40.9 Å². The summed E-state index contributed by atoms with van der Waals surface area (Å²) in [6.45, 7) is 7.77. The smallest absolute Gasteiger partial charge is 0.871 e. The van der Waals surface area contributed by atoms with Crippen molar-refractivity contribution in [2.45, 2.75) is 37.5 Å². The number of carbonyl (C=O) groups excluding carboxylic acids is 1. The van der Waals surface area contributed by atoms with E-state index in [1.54, 1.807) is 111 Å². The van der Waals surface area contributed by atoms with E-state index < -0.39 is 53.3 Å². The number of nitrogens with zero attached hydrogens (tertiary/aromatic N) is 5. The fraction of sp³-hybridized carbons (Fsp3) is 0.115. The molecule has 1 amide bonds. The molecular formula is C52H42BaCl2N6O12S2. The van der Waals surface area contributed by atoms with Gasteiger partial charge in [0.1, 0.15) is 38.4 Å². The molecule has 18 nitrogen and oxygen atoms in total. The number of amides is 1. The third-order valence-electron chi connectivity index (χ3n) is 10.6. The average Bonchev–Trinajstić information content (AvgIpc) is 3.34. The van der Waals surface area contributed by atoms with E-state index in [-0.39, 0.29) is 92.8 Å². The number of anilines is 1. The van der Waals surface area contributed by atoms with Crippen molar-refractivity contribution in [3.05, 3.63) is 166 Å². The predicted octanol–water partition coefficient (Wildman–Crippen LogP) is 11.8. The molecular weight excluding hydrogens is 1170 g/mol. The molecule has 0 unspecified atom stereocenters. The second-order valence-corrected chi connectivity index (χ2v) is 19.5. The van der Waals surface area contributed by atoms with Gasteiger partial charge in [0.15, 0.2) is 5.75 Å². The molecule has 8 aromatic rings. The van der Waals surface area contributed by atoms with Crippen molar-refractivity contribution in [3.8, 4) is 23.0 Å². The number of fused-ring (bicyclic) bond motifs is 2. The number of phenols is 1. The number of carbonyl (C=O) groups is 1. The molecule has 0 aliphatic carbocycles. The summed E-state index contributed by atoms with van der Waals surface area (Å²) in [6, 6.07) is 35.4. The van der Waals surface area contributed by atoms with Crippen LogP contribution in [0.15, 0.2) is 169 Å². The molecule has 4 N–H and O–H groups in total. The number of aromatic hydroxyl groups is 1. The molecule has 0 radical (unpaired) electrons. The Balaban J connectivity index is 0.000000241. The van der Waals surface area contributed by atoms with Gasteiger partial charge in [-0.05, 0) is 122 Å². The standard InChI is InChI=1S/2C26H22ClN3O6S.Ba/c2*1-3-36-18-9-6-8-17(14-18)28-26(32)20-13-16-7-4-5-10-19(16)24(25(20)31)30-29-21-11-15(2)12-22(23(21)27)37(33,34)35;/h2*4-14,31H,3H2,1-2H3,(H,28,32)(H,33,34,35);/q;;+2/p-2. The van der Waals surface area contributed by atoms with Gasteiger partial charge in [-0.2, -0.15) is 21.9 Å². The van der Waals surface area contributed by atoms with Crippen LogP contribution in [-0.2, 0) is 20.2 Å². The first-order chi connectivity index (χ1) is 35.2. The number of benzene rings is 8. The van der Waals surface area contributed by atoms with Crippen LogP contribution in [0.2, 0.25) is 10.0 Å². The molecule has 0 saturated carbocycles. The third kappa shape index (κ3) is 14.1. The maximum atomic E-state index is 13.4. The maximum absolute atomic E-state index is 13.4. The largest absolute Gasteiger partial charge is 2.00 e. The second kappa shape index (κ2) is 25.0. The zero-order valence-corrected chi connectivity index (χ0v) is 47.7. The van der Waals surface area contributed by atoms with Gasteiger partial charge >= 0.3 is 48.9 Å². The summed E-state index contributed by atoms with van der Waals surface area (Å²) in [5.41, 5.74) is 1.13. The maximum Gasteiger partial charge on any atom is 2.00 e. The van der Waals surface area contributed by atoms with Crippen molar-refractivity contribution in [1.29, 1.82) is 0 Å². The summed E-state index contributed by atoms with van der Waals surface area (Å²) >= 11 is 12.3. The summed E-state index contributed by atoms with van der Waals surface area (Å²) in [6.07, 6.45) is 0. The van der Waals surface area contributed by atoms with Crippen molar-refractivity contribution in [2.75, 3.05) is 18.5 Å². The van der Waals surface area contributed by atoms with Crippen LogP contribution in [0.25, 0.3) is 21.5 Å². The molecule has 0 aliphatic heterocycles. The normalized spacial score (nSPS) is 11.9. The molecule has 23 heteroatoms. The number of halogens is 2. The zero-order valence-electron chi connectivity index (χ0n) is 40.1. The van der Waals surface area contributed by atoms with Crippen molar-refractivity contribution in [2.24, 2.45) is 25.4 Å². The summed E-state index contributed by atoms with van der Waals surface area (Å²) in [4.78, 5) is 16.1. The van der Waals surface area contributed by atoms with E-state index in [9.17, 15) is 46.1 Å². The Bertz CT molecular complexity index is 3830. The summed E-state index contributed by atoms with van der Waals surface area (Å²) in [5, 5.41) is 57.8. The minimum Gasteiger partial charge on any atom is -0.871 e. The molecule has 75 heavy (non-hydrogen) atoms. The number of aryl methyl sites for hydroxylation is 2. The van der Waals surface area contributed by atoms with Gasteiger partial charge in [-0.15, -0.1) is 15.3 Å². The van der Waals surface area contributed by atoms with Crippen LogP contribution < -0.4 is 25.0 Å². The molecule has 0 spiro atoms. The molecule has 0 aliphatic rings. The Labute approximate surface area is 481 Å². The molecule has 380 valence electrons. The molecule has 0 aromatic heterocycles. The van der Waals surface area contributed by atoms with Crippen LogP contribution >= 0.6 is 23.2 Å². The summed E-state index contributed by atoms with van der Waals surface area (Å²) in [5.74, 6) is -1.39. The minimum atomic E-state index is -4.62. The Morgan fingerprint density at radius 1 is 0.627 bits per heavy atom. The van der Waals surface area contributed by atoms with Gasteiger partial charge in [0.05, 0.1) is 40.2 Å². The zero-order chi connectivity index (χ0) is 53.5. The Morgan fingerprint density at radius 2 is 1.11 bits per heavy atom. The van der Waals surface area contributed by atoms with Crippen LogP contribution in [0.3, 0.4) is 0 Å². The number of nitrogens with one attached hydrogen (secondary N) is 1. The number of phenolic OH excluding ortho intramolecular Hbond substituents is 1. The van der Waals surface area contributed by atoms with Gasteiger partial charge in [-0.1, -0.05) is 89.6 Å². The minimum absolute atomic E-state index is 0. The molecule has 8 rings (SSSR count). The van der Waals surface area contributed by atoms with E-state index in [1.165, 1.54) is 36.4 Å². The molecule has 0 atom stereocenters. The molecule has 0 heterocycles. The van der Waals surface area contributed by atoms with Crippen LogP contribution in [0, 0.1) is 13.8 Å². The number of aliphatic imine (C=N–C) groups is 1. The predicted molar refractivity (Wildman–Crippen MR) is 284 cm³/mol. The Hall–Kier alpha value is -6.41. The third-order valence-corrected chi connectivity index (χ3v) is 13.4. The van der Waals surface area contributed by atoms with Gasteiger partial charge in [0, 0.05) is 28.6 Å². The summed E-state index contributed by atoms with van der Waals surface area (Å²) < 4.78 is 76.6. The first-order valence-corrected chi connectivity index (χ1v) is 25.7. The van der Waals surface area contributed by atoms with Gasteiger partial charge in [-0.25, -0.2) is 0 Å². The van der Waals surface area contributed by atoms with E-state index in [0.717, 1.165) is 0 Å². The first kappa shape index (κ1) is 57.9.